The molecule has 0 aromatic rings. The summed E-state index contributed by atoms with van der Waals surface area (Å²) >= 11 is 0. The minimum atomic E-state index is -0.317. The first-order chi connectivity index (χ1) is 13.9. The number of hydrogen-bond acceptors (Lipinski definition) is 1. The van der Waals surface area contributed by atoms with Crippen molar-refractivity contribution in [2.75, 3.05) is 0 Å². The van der Waals surface area contributed by atoms with Gasteiger partial charge in [-0.25, -0.2) is 0 Å². The topological polar surface area (TPSA) is 43.1 Å². The normalized spacial score (nSPS) is 45.4. The lowest BCUT2D eigenvalue weighted by atomic mass is 9.44. The second-order valence-electron chi connectivity index (χ2n) is 11.8. The van der Waals surface area contributed by atoms with Gasteiger partial charge in [0, 0.05) is 0 Å². The fourth-order valence-electron chi connectivity index (χ4n) is 9.23. The van der Waals surface area contributed by atoms with E-state index in [1.165, 1.54) is 83.1 Å². The number of carbonyl (C=O) groups excluding carboxylic acids is 1. The van der Waals surface area contributed by atoms with Gasteiger partial charge in [-0.05, 0) is 117 Å². The van der Waals surface area contributed by atoms with Crippen LogP contribution in [0.5, 0.6) is 0 Å². The Morgan fingerprint density at radius 1 is 1.00 bits per heavy atom. The minimum absolute atomic E-state index is 0.317. The van der Waals surface area contributed by atoms with Crippen molar-refractivity contribution < 1.29 is 4.79 Å². The molecule has 164 valence electrons. The third-order valence-corrected chi connectivity index (χ3v) is 10.7. The largest absolute Gasteiger partial charge is 0.366 e. The van der Waals surface area contributed by atoms with Gasteiger partial charge in [-0.3, -0.25) is 4.79 Å². The Morgan fingerprint density at radius 2 is 1.79 bits per heavy atom. The number of amides is 1. The zero-order chi connectivity index (χ0) is 20.6. The summed E-state index contributed by atoms with van der Waals surface area (Å²) < 4.78 is 0. The third-order valence-electron chi connectivity index (χ3n) is 10.7. The average Bonchev–Trinajstić information content (AvgIpc) is 3.04. The first-order valence-electron chi connectivity index (χ1n) is 12.8. The van der Waals surface area contributed by atoms with Crippen LogP contribution in [-0.2, 0) is 4.79 Å². The summed E-state index contributed by atoms with van der Waals surface area (Å²) in [7, 11) is 0. The summed E-state index contributed by atoms with van der Waals surface area (Å²) in [5, 5.41) is 0. The molecular formula is C27H45NO. The van der Waals surface area contributed by atoms with Crippen LogP contribution in [0.3, 0.4) is 0 Å². The summed E-state index contributed by atoms with van der Waals surface area (Å²) in [6.07, 6.45) is 22.0. The predicted molar refractivity (Wildman–Crippen MR) is 121 cm³/mol. The predicted octanol–water partition coefficient (Wildman–Crippen LogP) is 6.88. The van der Waals surface area contributed by atoms with E-state index in [2.05, 4.69) is 20.8 Å². The number of fused-ring (bicyclic) bond motifs is 5. The van der Waals surface area contributed by atoms with E-state index in [-0.39, 0.29) is 5.91 Å². The van der Waals surface area contributed by atoms with Gasteiger partial charge in [0.1, 0.15) is 0 Å². The van der Waals surface area contributed by atoms with Crippen LogP contribution in [-0.4, -0.2) is 5.91 Å². The lowest BCUT2D eigenvalue weighted by molar-refractivity contribution is -0.114. The van der Waals surface area contributed by atoms with Crippen molar-refractivity contribution in [1.29, 1.82) is 0 Å². The Balaban J connectivity index is 1.40. The first-order valence-corrected chi connectivity index (χ1v) is 12.8. The summed E-state index contributed by atoms with van der Waals surface area (Å²) in [6, 6.07) is 0. The van der Waals surface area contributed by atoms with E-state index in [1.54, 1.807) is 0 Å². The molecule has 4 aliphatic rings. The molecule has 29 heavy (non-hydrogen) atoms. The van der Waals surface area contributed by atoms with Crippen LogP contribution in [0.2, 0.25) is 0 Å². The van der Waals surface area contributed by atoms with Crippen LogP contribution in [0.25, 0.3) is 0 Å². The maximum atomic E-state index is 10.9. The van der Waals surface area contributed by atoms with Gasteiger partial charge in [0.15, 0.2) is 0 Å². The Bertz CT molecular complexity index is 626. The maximum absolute atomic E-state index is 10.9. The second-order valence-corrected chi connectivity index (χ2v) is 11.8. The molecule has 0 saturated heterocycles. The highest BCUT2D eigenvalue weighted by atomic mass is 16.1. The van der Waals surface area contributed by atoms with Gasteiger partial charge in [-0.15, -0.1) is 0 Å². The van der Waals surface area contributed by atoms with Gasteiger partial charge < -0.3 is 5.73 Å². The number of carbonyl (C=O) groups is 1. The first kappa shape index (κ1) is 21.4. The number of primary amides is 1. The average molecular weight is 400 g/mol. The molecule has 1 amide bonds. The fourth-order valence-corrected chi connectivity index (χ4v) is 9.23. The Labute approximate surface area is 179 Å². The Hall–Kier alpha value is -0.790. The van der Waals surface area contributed by atoms with Crippen LogP contribution >= 0.6 is 0 Å². The van der Waals surface area contributed by atoms with Crippen molar-refractivity contribution in [2.24, 2.45) is 52.1 Å². The monoisotopic (exact) mass is 399 g/mol. The van der Waals surface area contributed by atoms with E-state index in [0.717, 1.165) is 41.9 Å². The number of allylic oxidation sites excluding steroid dienone is 1. The Kier molecular flexibility index (Phi) is 6.20. The summed E-state index contributed by atoms with van der Waals surface area (Å²) in [5.41, 5.74) is 6.45. The quantitative estimate of drug-likeness (QED) is 0.384. The molecule has 0 heterocycles. The van der Waals surface area contributed by atoms with E-state index in [9.17, 15) is 4.79 Å². The molecule has 0 aliphatic heterocycles. The van der Waals surface area contributed by atoms with Crippen molar-refractivity contribution >= 4 is 5.91 Å². The van der Waals surface area contributed by atoms with Crippen molar-refractivity contribution in [1.82, 2.24) is 0 Å². The molecule has 0 radical (unpaired) electrons. The third kappa shape index (κ3) is 3.83. The van der Waals surface area contributed by atoms with Gasteiger partial charge in [0.05, 0.1) is 0 Å². The Morgan fingerprint density at radius 3 is 2.59 bits per heavy atom. The number of hydrogen-bond donors (Lipinski definition) is 1. The van der Waals surface area contributed by atoms with Crippen molar-refractivity contribution in [3.05, 3.63) is 12.2 Å². The van der Waals surface area contributed by atoms with E-state index < -0.39 is 0 Å². The molecule has 2 nitrogen and oxygen atoms in total. The number of unbranched alkanes of at least 4 members (excludes halogenated alkanes) is 1. The summed E-state index contributed by atoms with van der Waals surface area (Å²) in [5.74, 6) is 5.46. The van der Waals surface area contributed by atoms with Crippen LogP contribution in [0, 0.1) is 46.3 Å². The van der Waals surface area contributed by atoms with Gasteiger partial charge in [-0.1, -0.05) is 46.1 Å². The number of rotatable bonds is 6. The minimum Gasteiger partial charge on any atom is -0.366 e. The zero-order valence-electron chi connectivity index (χ0n) is 19.3. The molecule has 8 atom stereocenters. The molecule has 4 saturated carbocycles. The molecular weight excluding hydrogens is 354 g/mol. The van der Waals surface area contributed by atoms with Crippen LogP contribution < -0.4 is 5.73 Å². The molecule has 4 rings (SSSR count). The molecule has 0 aromatic heterocycles. The van der Waals surface area contributed by atoms with Gasteiger partial charge >= 0.3 is 0 Å². The second kappa shape index (κ2) is 8.39. The van der Waals surface area contributed by atoms with Crippen molar-refractivity contribution in [2.45, 2.75) is 104 Å². The molecule has 0 spiro atoms. The lowest BCUT2D eigenvalue weighted by Crippen LogP contribution is -2.53. The molecule has 2 heteroatoms. The lowest BCUT2D eigenvalue weighted by Gasteiger charge is -2.61. The molecule has 4 aliphatic carbocycles. The van der Waals surface area contributed by atoms with E-state index in [0.29, 0.717) is 10.8 Å². The molecule has 2 unspecified atom stereocenters. The van der Waals surface area contributed by atoms with Crippen molar-refractivity contribution in [3.8, 4) is 0 Å². The zero-order valence-corrected chi connectivity index (χ0v) is 19.3. The van der Waals surface area contributed by atoms with E-state index >= 15 is 0 Å². The molecule has 0 aromatic carbocycles. The van der Waals surface area contributed by atoms with Gasteiger partial charge in [-0.2, -0.15) is 0 Å². The summed E-state index contributed by atoms with van der Waals surface area (Å²) in [6.45, 7) is 7.90. The highest BCUT2D eigenvalue weighted by Gasteiger charge is 2.59. The maximum Gasteiger partial charge on any atom is 0.241 e. The standard InChI is InChI=1S/C27H45NO/c1-19(9-5-4-6-11-25(28)29)22-14-15-23-21-13-12-20-10-7-8-17-26(20,2)24(21)16-18-27(22,23)3/h6,11,19-24H,4-5,7-10,12-18H2,1-3H3,(H2,28,29)/t19?,20?,21-,22+,23-,24-,26-,27+/m0/s1. The fraction of sp³-hybridized carbons (Fsp3) is 0.889. The number of nitrogens with two attached hydrogens (primary N) is 1. The van der Waals surface area contributed by atoms with E-state index in [4.69, 9.17) is 5.73 Å². The SMILES string of the molecule is CC(CCCC=CC(N)=O)[C@H]1CC[C@H]2[C@@H]3CCC4CCCC[C@]4(C)[C@H]3CC[C@]12C. The molecule has 0 bridgehead atoms. The smallest absolute Gasteiger partial charge is 0.241 e. The van der Waals surface area contributed by atoms with Crippen LogP contribution in [0.1, 0.15) is 104 Å². The van der Waals surface area contributed by atoms with E-state index in [1.807, 2.05) is 6.08 Å². The highest BCUT2D eigenvalue weighted by Crippen LogP contribution is 2.68. The van der Waals surface area contributed by atoms with Gasteiger partial charge in [0.25, 0.3) is 0 Å². The van der Waals surface area contributed by atoms with Gasteiger partial charge in [0.2, 0.25) is 5.91 Å². The summed E-state index contributed by atoms with van der Waals surface area (Å²) in [4.78, 5) is 10.9. The van der Waals surface area contributed by atoms with Crippen molar-refractivity contribution in [3.63, 3.8) is 0 Å². The van der Waals surface area contributed by atoms with Crippen LogP contribution in [0.4, 0.5) is 0 Å². The van der Waals surface area contributed by atoms with Crippen LogP contribution in [0.15, 0.2) is 12.2 Å². The highest BCUT2D eigenvalue weighted by molar-refractivity contribution is 5.85. The molecule has 4 fully saturated rings. The molecule has 2 N–H and O–H groups in total.